The van der Waals surface area contributed by atoms with Crippen LogP contribution in [0.1, 0.15) is 45.4 Å². The topological polar surface area (TPSA) is 102 Å². The van der Waals surface area contributed by atoms with Crippen LogP contribution in [0.25, 0.3) is 0 Å². The van der Waals surface area contributed by atoms with E-state index < -0.39 is 0 Å². The zero-order valence-electron chi connectivity index (χ0n) is 16.2. The summed E-state index contributed by atoms with van der Waals surface area (Å²) in [5, 5.41) is 0. The molecule has 4 N–H and O–H groups in total. The van der Waals surface area contributed by atoms with Gasteiger partial charge in [0.1, 0.15) is 0 Å². The Morgan fingerprint density at radius 3 is 1.54 bits per heavy atom. The van der Waals surface area contributed by atoms with Crippen molar-refractivity contribution in [2.24, 2.45) is 28.2 Å². The molecule has 0 radical (unpaired) electrons. The smallest absolute Gasteiger partial charge is 0.0816 e. The van der Waals surface area contributed by atoms with Gasteiger partial charge in [-0.15, -0.1) is 0 Å². The largest absolute Gasteiger partial charge is 0.373 e. The van der Waals surface area contributed by atoms with Crippen LogP contribution in [-0.4, -0.2) is 63.9 Å². The highest BCUT2D eigenvalue weighted by Crippen LogP contribution is 2.60. The number of ether oxygens (including phenoxy) is 4. The first-order valence-electron chi connectivity index (χ1n) is 10.5. The highest BCUT2D eigenvalue weighted by molar-refractivity contribution is 5.09. The third kappa shape index (κ3) is 4.10. The molecule has 0 spiro atoms. The summed E-state index contributed by atoms with van der Waals surface area (Å²) in [5.74, 6) is 0.432. The molecule has 5 atom stereocenters. The second kappa shape index (κ2) is 7.64. The minimum Gasteiger partial charge on any atom is -0.373 e. The highest BCUT2D eigenvalue weighted by atomic mass is 16.6. The van der Waals surface area contributed by atoms with Crippen molar-refractivity contribution in [3.05, 3.63) is 0 Å². The van der Waals surface area contributed by atoms with Gasteiger partial charge in [0, 0.05) is 0 Å². The van der Waals surface area contributed by atoms with Crippen LogP contribution in [0.15, 0.2) is 0 Å². The summed E-state index contributed by atoms with van der Waals surface area (Å²) in [6.07, 6.45) is 7.80. The highest BCUT2D eigenvalue weighted by Gasteiger charge is 2.60. The first kappa shape index (κ1) is 19.1. The summed E-state index contributed by atoms with van der Waals surface area (Å²) in [5.41, 5.74) is 13.0. The predicted octanol–water partition coefficient (Wildman–Crippen LogP) is 1.45. The Balaban J connectivity index is 1.71. The molecule has 0 aliphatic carbocycles. The lowest BCUT2D eigenvalue weighted by atomic mass is 9.49. The minimum atomic E-state index is -0.0214. The van der Waals surface area contributed by atoms with Crippen molar-refractivity contribution in [1.82, 2.24) is 0 Å². The average Bonchev–Trinajstić information content (AvgIpc) is 3.47. The van der Waals surface area contributed by atoms with Crippen molar-refractivity contribution in [2.75, 3.05) is 39.5 Å². The van der Waals surface area contributed by atoms with Crippen LogP contribution in [0.4, 0.5) is 0 Å². The van der Waals surface area contributed by atoms with Crippen LogP contribution < -0.4 is 11.5 Å². The van der Waals surface area contributed by atoms with E-state index in [1.54, 1.807) is 0 Å². The molecule has 6 heteroatoms. The van der Waals surface area contributed by atoms with Crippen LogP contribution >= 0.6 is 0 Å². The van der Waals surface area contributed by atoms with Gasteiger partial charge in [-0.2, -0.15) is 0 Å². The summed E-state index contributed by atoms with van der Waals surface area (Å²) in [7, 11) is 0. The molecule has 0 aromatic carbocycles. The van der Waals surface area contributed by atoms with E-state index in [-0.39, 0.29) is 10.8 Å². The van der Waals surface area contributed by atoms with E-state index in [9.17, 15) is 0 Å². The van der Waals surface area contributed by atoms with E-state index in [0.29, 0.717) is 43.4 Å². The second-order valence-corrected chi connectivity index (χ2v) is 9.00. The predicted molar refractivity (Wildman–Crippen MR) is 98.8 cm³/mol. The van der Waals surface area contributed by atoms with Gasteiger partial charge in [-0.05, 0) is 61.9 Å². The first-order chi connectivity index (χ1) is 12.6. The minimum absolute atomic E-state index is 0.0214. The number of nitrogens with two attached hydrogens (primary N) is 2. The summed E-state index contributed by atoms with van der Waals surface area (Å²) in [6.45, 7) is 7.09. The molecule has 0 amide bonds. The van der Waals surface area contributed by atoms with E-state index in [1.165, 1.54) is 0 Å². The van der Waals surface area contributed by atoms with Gasteiger partial charge in [0.15, 0.2) is 0 Å². The van der Waals surface area contributed by atoms with E-state index in [1.807, 2.05) is 0 Å². The van der Waals surface area contributed by atoms with Crippen molar-refractivity contribution in [1.29, 1.82) is 0 Å². The van der Waals surface area contributed by atoms with Gasteiger partial charge in [-0.1, -0.05) is 13.3 Å². The maximum atomic E-state index is 6.59. The van der Waals surface area contributed by atoms with Gasteiger partial charge >= 0.3 is 0 Å². The molecule has 0 bridgehead atoms. The van der Waals surface area contributed by atoms with Crippen LogP contribution in [0.3, 0.4) is 0 Å². The fraction of sp³-hybridized carbons (Fsp3) is 1.00. The van der Waals surface area contributed by atoms with Crippen LogP contribution in [-0.2, 0) is 18.9 Å². The monoisotopic (exact) mass is 368 g/mol. The van der Waals surface area contributed by atoms with Gasteiger partial charge < -0.3 is 30.4 Å². The van der Waals surface area contributed by atoms with Crippen molar-refractivity contribution in [3.8, 4) is 0 Å². The molecule has 26 heavy (non-hydrogen) atoms. The molecule has 4 aliphatic rings. The molecule has 4 saturated heterocycles. The maximum Gasteiger partial charge on any atom is 0.0816 e. The summed E-state index contributed by atoms with van der Waals surface area (Å²) < 4.78 is 22.8. The van der Waals surface area contributed by atoms with E-state index >= 15 is 0 Å². The van der Waals surface area contributed by atoms with E-state index in [2.05, 4.69) is 6.92 Å². The molecular weight excluding hydrogens is 332 g/mol. The normalized spacial score (nSPS) is 37.5. The zero-order valence-corrected chi connectivity index (χ0v) is 16.2. The third-order valence-electron chi connectivity index (χ3n) is 7.18. The number of hydrogen-bond donors (Lipinski definition) is 2. The van der Waals surface area contributed by atoms with Gasteiger partial charge in [-0.25, -0.2) is 0 Å². The fourth-order valence-electron chi connectivity index (χ4n) is 5.54. The molecule has 6 nitrogen and oxygen atoms in total. The molecule has 4 heterocycles. The quantitative estimate of drug-likeness (QED) is 0.450. The summed E-state index contributed by atoms with van der Waals surface area (Å²) >= 11 is 0. The van der Waals surface area contributed by atoms with Crippen molar-refractivity contribution in [2.45, 2.75) is 69.9 Å². The number of hydrogen-bond acceptors (Lipinski definition) is 6. The lowest BCUT2D eigenvalue weighted by Crippen LogP contribution is -2.56. The molecule has 4 rings (SSSR count). The summed E-state index contributed by atoms with van der Waals surface area (Å²) in [4.78, 5) is 0. The Labute approximate surface area is 157 Å². The average molecular weight is 369 g/mol. The van der Waals surface area contributed by atoms with Gasteiger partial charge in [-0.3, -0.25) is 0 Å². The Hall–Kier alpha value is -0.240. The first-order valence-corrected chi connectivity index (χ1v) is 10.5. The van der Waals surface area contributed by atoms with Gasteiger partial charge in [0.25, 0.3) is 0 Å². The van der Waals surface area contributed by atoms with E-state index in [4.69, 9.17) is 30.4 Å². The lowest BCUT2D eigenvalue weighted by Gasteiger charge is -2.55. The zero-order chi connectivity index (χ0) is 18.2. The van der Waals surface area contributed by atoms with Crippen LogP contribution in [0.2, 0.25) is 0 Å². The SMILES string of the molecule is CCCC(CN)C(CC1CO1)(CC1CO1)C(CN)(CC1CO1)CC1CO1. The molecule has 0 aromatic heterocycles. The van der Waals surface area contributed by atoms with Crippen molar-refractivity contribution in [3.63, 3.8) is 0 Å². The standard InChI is InChI=1S/C20H36N2O4/c1-2-3-14(8-21)20(6-17-11-25-17,7-18-12-26-18)19(13-22,4-15-9-23-15)5-16-10-24-16/h14-18H,2-13,21-22H2,1H3. The van der Waals surface area contributed by atoms with Crippen LogP contribution in [0.5, 0.6) is 0 Å². The molecule has 0 aromatic rings. The molecule has 150 valence electrons. The fourth-order valence-corrected chi connectivity index (χ4v) is 5.54. The van der Waals surface area contributed by atoms with Crippen molar-refractivity contribution >= 4 is 0 Å². The van der Waals surface area contributed by atoms with Gasteiger partial charge in [0.2, 0.25) is 0 Å². The number of rotatable bonds is 14. The molecule has 5 unspecified atom stereocenters. The third-order valence-corrected chi connectivity index (χ3v) is 7.18. The van der Waals surface area contributed by atoms with Crippen LogP contribution in [0, 0.1) is 16.7 Å². The number of epoxide rings is 4. The second-order valence-electron chi connectivity index (χ2n) is 9.00. The van der Waals surface area contributed by atoms with E-state index in [0.717, 1.165) is 65.0 Å². The Morgan fingerprint density at radius 2 is 1.23 bits per heavy atom. The maximum absolute atomic E-state index is 6.59. The van der Waals surface area contributed by atoms with Gasteiger partial charge in [0.05, 0.1) is 50.8 Å². The molecule has 4 aliphatic heterocycles. The molecular formula is C20H36N2O4. The molecule has 4 fully saturated rings. The van der Waals surface area contributed by atoms with Crippen molar-refractivity contribution < 1.29 is 18.9 Å². The summed E-state index contributed by atoms with van der Waals surface area (Å²) in [6, 6.07) is 0. The Bertz CT molecular complexity index is 444. The Morgan fingerprint density at radius 1 is 0.808 bits per heavy atom. The molecule has 0 saturated carbocycles. The lowest BCUT2D eigenvalue weighted by molar-refractivity contribution is -0.0660. The Kier molecular flexibility index (Phi) is 5.61.